The maximum Gasteiger partial charge on any atom is 0.323 e. The number of sulfone groups is 1. The largest absolute Gasteiger partial charge is 0.480 e. The number of carboxylic acid groups (broad SMARTS) is 1. The van der Waals surface area contributed by atoms with Gasteiger partial charge in [0.15, 0.2) is 9.84 Å². The molecular formula is C20H20ClN3O4S. The van der Waals surface area contributed by atoms with Gasteiger partial charge in [0.25, 0.3) is 0 Å². The summed E-state index contributed by atoms with van der Waals surface area (Å²) in [6, 6.07) is 9.76. The van der Waals surface area contributed by atoms with Crippen LogP contribution in [0.15, 0.2) is 47.5 Å². The zero-order chi connectivity index (χ0) is 20.6. The molecule has 0 saturated carbocycles. The number of aromatic nitrogens is 2. The second-order valence-electron chi connectivity index (χ2n) is 7.13. The first-order chi connectivity index (χ1) is 13.8. The van der Waals surface area contributed by atoms with Crippen molar-refractivity contribution in [1.29, 1.82) is 0 Å². The molecule has 4 rings (SSSR count). The number of benzene rings is 1. The highest BCUT2D eigenvalue weighted by Gasteiger charge is 2.27. The molecule has 29 heavy (non-hydrogen) atoms. The number of fused-ring (bicyclic) bond motifs is 3. The second kappa shape index (κ2) is 7.78. The molecule has 1 aliphatic carbocycles. The van der Waals surface area contributed by atoms with E-state index in [0.717, 1.165) is 28.7 Å². The van der Waals surface area contributed by atoms with Gasteiger partial charge in [-0.15, -0.1) is 0 Å². The monoisotopic (exact) mass is 433 g/mol. The van der Waals surface area contributed by atoms with E-state index < -0.39 is 15.8 Å². The molecule has 9 heteroatoms. The van der Waals surface area contributed by atoms with Gasteiger partial charge >= 0.3 is 5.97 Å². The van der Waals surface area contributed by atoms with Crippen LogP contribution in [0.2, 0.25) is 5.02 Å². The minimum atomic E-state index is -3.48. The number of aliphatic carboxylic acids is 1. The fourth-order valence-electron chi connectivity index (χ4n) is 3.89. The lowest BCUT2D eigenvalue weighted by atomic mass is 9.92. The smallest absolute Gasteiger partial charge is 0.323 e. The maximum atomic E-state index is 12.6. The van der Waals surface area contributed by atoms with Crippen LogP contribution in [0.3, 0.4) is 0 Å². The summed E-state index contributed by atoms with van der Waals surface area (Å²) in [5.41, 5.74) is 3.55. The molecule has 0 saturated heterocycles. The number of pyridine rings is 1. The molecule has 2 N–H and O–H groups in total. The second-order valence-corrected chi connectivity index (χ2v) is 9.56. The number of halogens is 1. The van der Waals surface area contributed by atoms with Gasteiger partial charge in [-0.05, 0) is 55.7 Å². The van der Waals surface area contributed by atoms with E-state index in [-0.39, 0.29) is 23.4 Å². The molecule has 0 aliphatic heterocycles. The van der Waals surface area contributed by atoms with Crippen molar-refractivity contribution in [1.82, 2.24) is 14.9 Å². The van der Waals surface area contributed by atoms with Crippen molar-refractivity contribution < 1.29 is 18.3 Å². The summed E-state index contributed by atoms with van der Waals surface area (Å²) in [5.74, 6) is -1.07. The molecule has 1 atom stereocenters. The Kier molecular flexibility index (Phi) is 5.33. The molecule has 3 aromatic rings. The molecule has 152 valence electrons. The van der Waals surface area contributed by atoms with Crippen LogP contribution in [0.25, 0.3) is 11.0 Å². The van der Waals surface area contributed by atoms with Crippen molar-refractivity contribution in [3.8, 4) is 0 Å². The van der Waals surface area contributed by atoms with Gasteiger partial charge in [0, 0.05) is 28.5 Å². The lowest BCUT2D eigenvalue weighted by molar-refractivity contribution is -0.137. The number of hydrogen-bond donors (Lipinski definition) is 2. The first-order valence-electron chi connectivity index (χ1n) is 9.23. The number of hydrogen-bond acceptors (Lipinski definition) is 5. The Labute approximate surface area is 173 Å². The van der Waals surface area contributed by atoms with Gasteiger partial charge in [0.1, 0.15) is 12.4 Å². The number of nitrogens with one attached hydrogen (secondary N) is 1. The van der Waals surface area contributed by atoms with E-state index in [4.69, 9.17) is 11.6 Å². The highest BCUT2D eigenvalue weighted by molar-refractivity contribution is 7.91. The minimum absolute atomic E-state index is 0.0320. The quantitative estimate of drug-likeness (QED) is 0.619. The van der Waals surface area contributed by atoms with Crippen molar-refractivity contribution in [3.05, 3.63) is 58.9 Å². The van der Waals surface area contributed by atoms with Crippen molar-refractivity contribution in [2.75, 3.05) is 5.88 Å². The zero-order valence-electron chi connectivity index (χ0n) is 15.5. The fraction of sp³-hybridized carbons (Fsp3) is 0.300. The predicted octanol–water partition coefficient (Wildman–Crippen LogP) is 2.65. The summed E-state index contributed by atoms with van der Waals surface area (Å²) in [4.78, 5) is 16.0. The van der Waals surface area contributed by atoms with E-state index in [1.54, 1.807) is 29.0 Å². The SMILES string of the molecule is O=C(O)Cn1c2c(c3ncccc31)CC(NCS(=O)(=O)c1ccc(Cl)cc1)CC2. The molecular weight excluding hydrogens is 414 g/mol. The molecule has 0 amide bonds. The summed E-state index contributed by atoms with van der Waals surface area (Å²) in [6.45, 7) is -0.111. The Morgan fingerprint density at radius 2 is 2.03 bits per heavy atom. The maximum absolute atomic E-state index is 12.6. The third-order valence-electron chi connectivity index (χ3n) is 5.25. The average Bonchev–Trinajstić information content (AvgIpc) is 3.00. The molecule has 0 radical (unpaired) electrons. The van der Waals surface area contributed by atoms with Crippen LogP contribution in [-0.2, 0) is 34.0 Å². The third kappa shape index (κ3) is 4.01. The van der Waals surface area contributed by atoms with Gasteiger partial charge in [-0.1, -0.05) is 11.6 Å². The molecule has 2 aromatic heterocycles. The van der Waals surface area contributed by atoms with Gasteiger partial charge in [0.2, 0.25) is 0 Å². The van der Waals surface area contributed by atoms with Crippen LogP contribution in [0.1, 0.15) is 17.7 Å². The van der Waals surface area contributed by atoms with Gasteiger partial charge < -0.3 is 15.0 Å². The zero-order valence-corrected chi connectivity index (χ0v) is 17.1. The summed E-state index contributed by atoms with van der Waals surface area (Å²) in [6.07, 6.45) is 3.68. The minimum Gasteiger partial charge on any atom is -0.480 e. The van der Waals surface area contributed by atoms with Crippen LogP contribution >= 0.6 is 11.6 Å². The van der Waals surface area contributed by atoms with Crippen molar-refractivity contribution in [2.24, 2.45) is 0 Å². The van der Waals surface area contributed by atoms with Gasteiger partial charge in [-0.25, -0.2) is 8.42 Å². The number of carboxylic acids is 1. The molecule has 1 aromatic carbocycles. The Morgan fingerprint density at radius 1 is 1.28 bits per heavy atom. The molecule has 1 unspecified atom stereocenters. The normalized spacial score (nSPS) is 16.7. The Bertz CT molecular complexity index is 1170. The highest BCUT2D eigenvalue weighted by atomic mass is 35.5. The Hall–Kier alpha value is -2.42. The number of carbonyl (C=O) groups is 1. The van der Waals surface area contributed by atoms with Crippen LogP contribution < -0.4 is 5.32 Å². The molecule has 2 heterocycles. The summed E-state index contributed by atoms with van der Waals surface area (Å²) < 4.78 is 27.0. The van der Waals surface area contributed by atoms with Crippen LogP contribution in [0.4, 0.5) is 0 Å². The first-order valence-corrected chi connectivity index (χ1v) is 11.3. The molecule has 1 aliphatic rings. The topological polar surface area (TPSA) is 101 Å². The average molecular weight is 434 g/mol. The molecule has 0 fully saturated rings. The summed E-state index contributed by atoms with van der Waals surface area (Å²) in [7, 11) is -3.48. The molecule has 7 nitrogen and oxygen atoms in total. The van der Waals surface area contributed by atoms with Gasteiger partial charge in [-0.2, -0.15) is 0 Å². The van der Waals surface area contributed by atoms with Gasteiger partial charge in [0.05, 0.1) is 15.9 Å². The van der Waals surface area contributed by atoms with Crippen LogP contribution in [0, 0.1) is 0 Å². The van der Waals surface area contributed by atoms with Crippen molar-refractivity contribution >= 4 is 38.4 Å². The number of rotatable bonds is 6. The highest BCUT2D eigenvalue weighted by Crippen LogP contribution is 2.31. The standard InChI is InChI=1S/C20H20ClN3O4S/c21-13-3-6-15(7-4-13)29(27,28)12-23-14-5-8-17-16(10-14)20-18(2-1-9-22-20)24(17)11-19(25)26/h1-4,6-7,9,14,23H,5,8,10-12H2,(H,25,26). The number of nitrogens with zero attached hydrogens (tertiary/aromatic N) is 2. The lowest BCUT2D eigenvalue weighted by Gasteiger charge is -2.24. The molecule has 0 spiro atoms. The van der Waals surface area contributed by atoms with E-state index in [0.29, 0.717) is 17.9 Å². The predicted molar refractivity (Wildman–Crippen MR) is 110 cm³/mol. The summed E-state index contributed by atoms with van der Waals surface area (Å²) in [5, 5.41) is 12.9. The third-order valence-corrected chi connectivity index (χ3v) is 7.03. The fourth-order valence-corrected chi connectivity index (χ4v) is 5.19. The van der Waals surface area contributed by atoms with Crippen LogP contribution in [-0.4, -0.2) is 41.0 Å². The van der Waals surface area contributed by atoms with E-state index in [9.17, 15) is 18.3 Å². The van der Waals surface area contributed by atoms with E-state index in [1.807, 2.05) is 6.07 Å². The molecule has 0 bridgehead atoms. The van der Waals surface area contributed by atoms with E-state index in [2.05, 4.69) is 10.3 Å². The van der Waals surface area contributed by atoms with Crippen LogP contribution in [0.5, 0.6) is 0 Å². The lowest BCUT2D eigenvalue weighted by Crippen LogP contribution is -2.38. The van der Waals surface area contributed by atoms with Crippen molar-refractivity contribution in [3.63, 3.8) is 0 Å². The first kappa shape index (κ1) is 19.9. The summed E-state index contributed by atoms with van der Waals surface area (Å²) >= 11 is 5.83. The van der Waals surface area contributed by atoms with Gasteiger partial charge in [-0.3, -0.25) is 9.78 Å². The Morgan fingerprint density at radius 3 is 2.76 bits per heavy atom. The van der Waals surface area contributed by atoms with Crippen molar-refractivity contribution in [2.45, 2.75) is 36.7 Å². The van der Waals surface area contributed by atoms with E-state index >= 15 is 0 Å². The Balaban J connectivity index is 1.55. The van der Waals surface area contributed by atoms with E-state index in [1.165, 1.54) is 12.1 Å².